The highest BCUT2D eigenvalue weighted by molar-refractivity contribution is 5.66. The third-order valence-electron chi connectivity index (χ3n) is 1.50. The molecule has 0 radical (unpaired) electrons. The van der Waals surface area contributed by atoms with E-state index < -0.39 is 5.97 Å². The number of pyridine rings is 1. The first kappa shape index (κ1) is 9.25. The fourth-order valence-corrected chi connectivity index (χ4v) is 0.953. The summed E-state index contributed by atoms with van der Waals surface area (Å²) in [6, 6.07) is 5.31. The summed E-state index contributed by atoms with van der Waals surface area (Å²) in [7, 11) is 0. The first-order valence-corrected chi connectivity index (χ1v) is 4.16. The maximum absolute atomic E-state index is 10.6. The SMILES string of the molecule is CC(=O)On1nnc(-c2ccccn2)n1. The van der Waals surface area contributed by atoms with Crippen molar-refractivity contribution in [3.8, 4) is 11.5 Å². The van der Waals surface area contributed by atoms with Crippen LogP contribution in [0.1, 0.15) is 6.92 Å². The topological polar surface area (TPSA) is 82.8 Å². The number of tetrazole rings is 1. The second-order valence-electron chi connectivity index (χ2n) is 2.66. The fraction of sp³-hybridized carbons (Fsp3) is 0.125. The summed E-state index contributed by atoms with van der Waals surface area (Å²) in [4.78, 5) is 20.0. The highest BCUT2D eigenvalue weighted by Crippen LogP contribution is 2.07. The maximum Gasteiger partial charge on any atom is 0.333 e. The molecule has 0 amide bonds. The van der Waals surface area contributed by atoms with Crippen molar-refractivity contribution in [1.29, 1.82) is 0 Å². The van der Waals surface area contributed by atoms with Crippen molar-refractivity contribution in [3.63, 3.8) is 0 Å². The predicted octanol–water partition coefficient (Wildman–Crippen LogP) is -0.290. The number of aromatic nitrogens is 5. The second-order valence-corrected chi connectivity index (χ2v) is 2.66. The van der Waals surface area contributed by atoms with Gasteiger partial charge in [-0.25, -0.2) is 4.79 Å². The summed E-state index contributed by atoms with van der Waals surface area (Å²) < 4.78 is 0. The van der Waals surface area contributed by atoms with Crippen molar-refractivity contribution in [3.05, 3.63) is 24.4 Å². The zero-order valence-corrected chi connectivity index (χ0v) is 7.86. The zero-order chi connectivity index (χ0) is 10.7. The van der Waals surface area contributed by atoms with Crippen LogP contribution in [0.2, 0.25) is 0 Å². The van der Waals surface area contributed by atoms with E-state index in [-0.39, 0.29) is 0 Å². The summed E-state index contributed by atoms with van der Waals surface area (Å²) in [5.74, 6) is -0.211. The van der Waals surface area contributed by atoms with Crippen LogP contribution in [-0.2, 0) is 4.79 Å². The molecule has 0 bridgehead atoms. The smallest absolute Gasteiger partial charge is 0.301 e. The number of nitrogens with zero attached hydrogens (tertiary/aromatic N) is 5. The molecule has 0 fully saturated rings. The van der Waals surface area contributed by atoms with Crippen molar-refractivity contribution in [2.45, 2.75) is 6.92 Å². The maximum atomic E-state index is 10.6. The van der Waals surface area contributed by atoms with Crippen LogP contribution in [0.5, 0.6) is 0 Å². The minimum Gasteiger partial charge on any atom is -0.301 e. The first-order valence-electron chi connectivity index (χ1n) is 4.16. The van der Waals surface area contributed by atoms with Gasteiger partial charge in [0.25, 0.3) is 0 Å². The normalized spacial score (nSPS) is 9.93. The third-order valence-corrected chi connectivity index (χ3v) is 1.50. The number of hydrogen-bond donors (Lipinski definition) is 0. The van der Waals surface area contributed by atoms with Crippen LogP contribution < -0.4 is 4.84 Å². The molecule has 2 heterocycles. The molecular formula is C8H7N5O2. The van der Waals surface area contributed by atoms with E-state index in [1.807, 2.05) is 0 Å². The number of carbonyl (C=O) groups is 1. The molecule has 0 aliphatic heterocycles. The number of carbonyl (C=O) groups excluding carboxylic acids is 1. The Balaban J connectivity index is 2.24. The summed E-state index contributed by atoms with van der Waals surface area (Å²) in [6.07, 6.45) is 1.61. The molecule has 0 atom stereocenters. The van der Waals surface area contributed by atoms with Gasteiger partial charge in [0.15, 0.2) is 0 Å². The van der Waals surface area contributed by atoms with E-state index in [9.17, 15) is 4.79 Å². The van der Waals surface area contributed by atoms with E-state index in [0.29, 0.717) is 11.5 Å². The molecule has 0 saturated carbocycles. The van der Waals surface area contributed by atoms with Gasteiger partial charge in [-0.1, -0.05) is 11.2 Å². The van der Waals surface area contributed by atoms with E-state index in [1.165, 1.54) is 6.92 Å². The van der Waals surface area contributed by atoms with Gasteiger partial charge in [0.05, 0.1) is 0 Å². The summed E-state index contributed by atoms with van der Waals surface area (Å²) in [5, 5.41) is 11.0. The number of rotatable bonds is 2. The summed E-state index contributed by atoms with van der Waals surface area (Å²) >= 11 is 0. The van der Waals surface area contributed by atoms with Crippen molar-refractivity contribution < 1.29 is 9.63 Å². The molecule has 2 aromatic rings. The molecule has 0 N–H and O–H groups in total. The van der Waals surface area contributed by atoms with Gasteiger partial charge in [-0.15, -0.1) is 5.10 Å². The van der Waals surface area contributed by atoms with Crippen LogP contribution >= 0.6 is 0 Å². The fourth-order valence-electron chi connectivity index (χ4n) is 0.953. The molecule has 0 aliphatic rings. The Kier molecular flexibility index (Phi) is 2.36. The molecule has 0 unspecified atom stereocenters. The average molecular weight is 205 g/mol. The van der Waals surface area contributed by atoms with Crippen LogP contribution in [0.15, 0.2) is 24.4 Å². The van der Waals surface area contributed by atoms with E-state index in [4.69, 9.17) is 0 Å². The molecular weight excluding hydrogens is 198 g/mol. The quantitative estimate of drug-likeness (QED) is 0.626. The molecule has 76 valence electrons. The lowest BCUT2D eigenvalue weighted by Crippen LogP contribution is -2.19. The Hall–Kier alpha value is -2.31. The highest BCUT2D eigenvalue weighted by Gasteiger charge is 2.07. The molecule has 0 spiro atoms. The Bertz CT molecular complexity index is 467. The lowest BCUT2D eigenvalue weighted by molar-refractivity contribution is -0.145. The lowest BCUT2D eigenvalue weighted by atomic mass is 10.3. The Labute approximate surface area is 84.7 Å². The summed E-state index contributed by atoms with van der Waals surface area (Å²) in [6.45, 7) is 1.25. The predicted molar refractivity (Wildman–Crippen MR) is 48.3 cm³/mol. The van der Waals surface area contributed by atoms with Gasteiger partial charge in [-0.3, -0.25) is 4.98 Å². The molecule has 2 rings (SSSR count). The molecule has 0 saturated heterocycles. The van der Waals surface area contributed by atoms with Gasteiger partial charge in [0.2, 0.25) is 5.82 Å². The first-order chi connectivity index (χ1) is 7.25. The van der Waals surface area contributed by atoms with Gasteiger partial charge >= 0.3 is 5.97 Å². The minimum atomic E-state index is -0.514. The standard InChI is InChI=1S/C8H7N5O2/c1-6(14)15-13-11-8(10-12-13)7-4-2-3-5-9-7/h2-5H,1H3. The zero-order valence-electron chi connectivity index (χ0n) is 7.86. The second kappa shape index (κ2) is 3.82. The van der Waals surface area contributed by atoms with Crippen LogP contribution in [0.4, 0.5) is 0 Å². The van der Waals surface area contributed by atoms with Gasteiger partial charge in [-0.05, 0) is 17.3 Å². The Morgan fingerprint density at radius 1 is 1.47 bits per heavy atom. The van der Waals surface area contributed by atoms with E-state index in [0.717, 1.165) is 4.96 Å². The van der Waals surface area contributed by atoms with Crippen molar-refractivity contribution >= 4 is 5.97 Å². The van der Waals surface area contributed by atoms with Gasteiger partial charge in [-0.2, -0.15) is 0 Å². The molecule has 2 aromatic heterocycles. The minimum absolute atomic E-state index is 0.303. The van der Waals surface area contributed by atoms with Gasteiger partial charge in [0, 0.05) is 18.1 Å². The lowest BCUT2D eigenvalue weighted by Gasteiger charge is -1.93. The van der Waals surface area contributed by atoms with Crippen LogP contribution in [0.25, 0.3) is 11.5 Å². The van der Waals surface area contributed by atoms with Crippen LogP contribution in [0.3, 0.4) is 0 Å². The Morgan fingerprint density at radius 3 is 3.00 bits per heavy atom. The van der Waals surface area contributed by atoms with Gasteiger partial charge in [0.1, 0.15) is 5.69 Å². The van der Waals surface area contributed by atoms with Gasteiger partial charge < -0.3 is 4.84 Å². The van der Waals surface area contributed by atoms with Crippen molar-refractivity contribution in [1.82, 2.24) is 25.4 Å². The van der Waals surface area contributed by atoms with E-state index in [2.05, 4.69) is 25.2 Å². The highest BCUT2D eigenvalue weighted by atomic mass is 16.7. The van der Waals surface area contributed by atoms with E-state index >= 15 is 0 Å². The Morgan fingerprint density at radius 2 is 2.33 bits per heavy atom. The van der Waals surface area contributed by atoms with Crippen LogP contribution in [0, 0.1) is 0 Å². The van der Waals surface area contributed by atoms with Crippen molar-refractivity contribution in [2.75, 3.05) is 0 Å². The monoisotopic (exact) mass is 205 g/mol. The molecule has 7 heteroatoms. The molecule has 0 aromatic carbocycles. The van der Waals surface area contributed by atoms with Crippen molar-refractivity contribution in [2.24, 2.45) is 0 Å². The van der Waals surface area contributed by atoms with Crippen LogP contribution in [-0.4, -0.2) is 31.3 Å². The molecule has 15 heavy (non-hydrogen) atoms. The molecule has 7 nitrogen and oxygen atoms in total. The largest absolute Gasteiger partial charge is 0.333 e. The third kappa shape index (κ3) is 2.13. The summed E-state index contributed by atoms with van der Waals surface area (Å²) in [5.41, 5.74) is 0.566. The molecule has 0 aliphatic carbocycles. The van der Waals surface area contributed by atoms with E-state index in [1.54, 1.807) is 24.4 Å². The number of hydrogen-bond acceptors (Lipinski definition) is 6. The average Bonchev–Trinajstić information content (AvgIpc) is 2.67.